The van der Waals surface area contributed by atoms with Crippen molar-refractivity contribution >= 4 is 33.4 Å². The number of nitrogens with zero attached hydrogens (tertiary/aromatic N) is 2. The zero-order chi connectivity index (χ0) is 19.1. The minimum Gasteiger partial charge on any atom is -0.444 e. The molecule has 27 heavy (non-hydrogen) atoms. The zero-order valence-corrected chi connectivity index (χ0v) is 16.6. The fourth-order valence-electron chi connectivity index (χ4n) is 2.97. The Balaban J connectivity index is 1.30. The van der Waals surface area contributed by atoms with E-state index in [-0.39, 0.29) is 18.2 Å². The Morgan fingerprint density at radius 1 is 1.00 bits per heavy atom. The number of nitrogens with one attached hydrogen (secondary N) is 2. The monoisotopic (exact) mass is 434 g/mol. The van der Waals surface area contributed by atoms with Crippen molar-refractivity contribution in [3.63, 3.8) is 0 Å². The van der Waals surface area contributed by atoms with Crippen LogP contribution in [-0.2, 0) is 4.79 Å². The molecular formula is C19H23BrN4O3. The van der Waals surface area contributed by atoms with E-state index in [1.54, 1.807) is 12.1 Å². The molecule has 0 unspecified atom stereocenters. The van der Waals surface area contributed by atoms with E-state index in [9.17, 15) is 9.59 Å². The predicted octanol–water partition coefficient (Wildman–Crippen LogP) is 1.71. The largest absolute Gasteiger partial charge is 0.444 e. The van der Waals surface area contributed by atoms with Gasteiger partial charge in [-0.25, -0.2) is 0 Å². The lowest BCUT2D eigenvalue weighted by Crippen LogP contribution is -2.49. The normalized spacial score (nSPS) is 14.8. The van der Waals surface area contributed by atoms with Crippen molar-refractivity contribution in [3.05, 3.63) is 52.9 Å². The van der Waals surface area contributed by atoms with E-state index in [0.29, 0.717) is 11.2 Å². The van der Waals surface area contributed by atoms with E-state index in [0.717, 1.165) is 32.7 Å². The van der Waals surface area contributed by atoms with Gasteiger partial charge in [0.15, 0.2) is 10.4 Å². The third kappa shape index (κ3) is 5.83. The topological polar surface area (TPSA) is 77.8 Å². The number of piperazine rings is 1. The van der Waals surface area contributed by atoms with Crippen molar-refractivity contribution < 1.29 is 14.0 Å². The van der Waals surface area contributed by atoms with E-state index >= 15 is 0 Å². The minimum atomic E-state index is -0.409. The number of para-hydroxylation sites is 1. The van der Waals surface area contributed by atoms with Gasteiger partial charge in [0.25, 0.3) is 5.91 Å². The molecule has 1 aromatic heterocycles. The average Bonchev–Trinajstić information content (AvgIpc) is 3.14. The Morgan fingerprint density at radius 3 is 2.41 bits per heavy atom. The van der Waals surface area contributed by atoms with E-state index in [2.05, 4.69) is 60.6 Å². The van der Waals surface area contributed by atoms with Gasteiger partial charge in [-0.05, 0) is 40.2 Å². The highest BCUT2D eigenvalue weighted by Gasteiger charge is 2.17. The molecule has 0 spiro atoms. The summed E-state index contributed by atoms with van der Waals surface area (Å²) in [4.78, 5) is 28.4. The maximum Gasteiger partial charge on any atom is 0.287 e. The van der Waals surface area contributed by atoms with Gasteiger partial charge in [-0.1, -0.05) is 18.2 Å². The number of amides is 2. The highest BCUT2D eigenvalue weighted by Crippen LogP contribution is 2.15. The van der Waals surface area contributed by atoms with E-state index in [4.69, 9.17) is 4.42 Å². The molecule has 3 rings (SSSR count). The number of rotatable bonds is 7. The van der Waals surface area contributed by atoms with Crippen LogP contribution in [0.3, 0.4) is 0 Å². The van der Waals surface area contributed by atoms with Crippen LogP contribution in [0.2, 0.25) is 0 Å². The van der Waals surface area contributed by atoms with Crippen molar-refractivity contribution in [2.24, 2.45) is 0 Å². The number of hydrogen-bond donors (Lipinski definition) is 2. The smallest absolute Gasteiger partial charge is 0.287 e. The maximum absolute atomic E-state index is 11.9. The highest BCUT2D eigenvalue weighted by molar-refractivity contribution is 9.10. The summed E-state index contributed by atoms with van der Waals surface area (Å²) in [5, 5.41) is 5.37. The van der Waals surface area contributed by atoms with E-state index < -0.39 is 5.91 Å². The van der Waals surface area contributed by atoms with Crippen molar-refractivity contribution in [2.75, 3.05) is 50.7 Å². The number of hydrogen-bond acceptors (Lipinski definition) is 5. The number of carbonyl (C=O) groups excluding carboxylic acids is 2. The maximum atomic E-state index is 11.9. The van der Waals surface area contributed by atoms with Crippen LogP contribution < -0.4 is 15.5 Å². The third-order valence-electron chi connectivity index (χ3n) is 4.45. The third-order valence-corrected chi connectivity index (χ3v) is 4.88. The molecule has 8 heteroatoms. The molecular weight excluding hydrogens is 412 g/mol. The lowest BCUT2D eigenvalue weighted by molar-refractivity contribution is -0.120. The molecule has 1 saturated heterocycles. The summed E-state index contributed by atoms with van der Waals surface area (Å²) in [6, 6.07) is 13.6. The predicted molar refractivity (Wildman–Crippen MR) is 107 cm³/mol. The van der Waals surface area contributed by atoms with Crippen LogP contribution >= 0.6 is 15.9 Å². The summed E-state index contributed by atoms with van der Waals surface area (Å²) in [6.45, 7) is 5.18. The molecule has 7 nitrogen and oxygen atoms in total. The van der Waals surface area contributed by atoms with Gasteiger partial charge in [-0.2, -0.15) is 0 Å². The second-order valence-corrected chi connectivity index (χ2v) is 7.08. The van der Waals surface area contributed by atoms with E-state index in [1.807, 2.05) is 6.07 Å². The quantitative estimate of drug-likeness (QED) is 0.693. The Hall–Kier alpha value is -2.32. The molecule has 0 aliphatic carbocycles. The fraction of sp³-hybridized carbons (Fsp3) is 0.368. The number of anilines is 1. The van der Waals surface area contributed by atoms with Gasteiger partial charge < -0.3 is 20.0 Å². The zero-order valence-electron chi connectivity index (χ0n) is 15.0. The molecule has 144 valence electrons. The molecule has 1 aliphatic rings. The molecule has 1 fully saturated rings. The Morgan fingerprint density at radius 2 is 1.74 bits per heavy atom. The molecule has 1 aliphatic heterocycles. The van der Waals surface area contributed by atoms with Crippen LogP contribution in [0.15, 0.2) is 51.6 Å². The number of furan rings is 1. The van der Waals surface area contributed by atoms with Crippen molar-refractivity contribution in [2.45, 2.75) is 0 Å². The van der Waals surface area contributed by atoms with Crippen LogP contribution in [0.25, 0.3) is 0 Å². The Labute approximate surface area is 166 Å². The summed E-state index contributed by atoms with van der Waals surface area (Å²) in [5.74, 6) is -0.448. The van der Waals surface area contributed by atoms with Gasteiger partial charge in [0, 0.05) is 45.0 Å². The standard InChI is InChI=1S/C19H23BrN4O3/c20-17-7-6-16(27-17)19(26)22-14-18(25)21-8-9-23-10-12-24(13-11-23)15-4-2-1-3-5-15/h1-7H,8-14H2,(H,21,25)(H,22,26). The number of carbonyl (C=O) groups is 2. The molecule has 2 N–H and O–H groups in total. The van der Waals surface area contributed by atoms with Gasteiger partial charge in [0.1, 0.15) is 0 Å². The molecule has 1 aromatic carbocycles. The summed E-state index contributed by atoms with van der Waals surface area (Å²) in [7, 11) is 0. The molecule has 2 amide bonds. The van der Waals surface area contributed by atoms with Crippen molar-refractivity contribution in [1.82, 2.24) is 15.5 Å². The first-order chi connectivity index (χ1) is 13.1. The average molecular weight is 435 g/mol. The Bertz CT molecular complexity index is 757. The SMILES string of the molecule is O=C(CNC(=O)c1ccc(Br)o1)NCCN1CCN(c2ccccc2)CC1. The summed E-state index contributed by atoms with van der Waals surface area (Å²) < 4.78 is 5.62. The molecule has 0 saturated carbocycles. The first-order valence-electron chi connectivity index (χ1n) is 8.94. The van der Waals surface area contributed by atoms with Crippen LogP contribution in [0.4, 0.5) is 5.69 Å². The van der Waals surface area contributed by atoms with Gasteiger partial charge in [-0.15, -0.1) is 0 Å². The fourth-order valence-corrected chi connectivity index (χ4v) is 3.27. The highest BCUT2D eigenvalue weighted by atomic mass is 79.9. The van der Waals surface area contributed by atoms with Crippen LogP contribution in [-0.4, -0.2) is 62.5 Å². The van der Waals surface area contributed by atoms with Crippen LogP contribution in [0, 0.1) is 0 Å². The Kier molecular flexibility index (Phi) is 6.89. The number of halogens is 1. The van der Waals surface area contributed by atoms with E-state index in [1.165, 1.54) is 5.69 Å². The summed E-state index contributed by atoms with van der Waals surface area (Å²) in [6.07, 6.45) is 0. The van der Waals surface area contributed by atoms with Gasteiger partial charge >= 0.3 is 0 Å². The molecule has 0 radical (unpaired) electrons. The lowest BCUT2D eigenvalue weighted by Gasteiger charge is -2.36. The minimum absolute atomic E-state index is 0.0705. The van der Waals surface area contributed by atoms with Crippen molar-refractivity contribution in [1.29, 1.82) is 0 Å². The first kappa shape index (κ1) is 19.4. The molecule has 2 heterocycles. The molecule has 2 aromatic rings. The second kappa shape index (κ2) is 9.57. The number of benzene rings is 1. The molecule has 0 atom stereocenters. The van der Waals surface area contributed by atoms with Crippen LogP contribution in [0.1, 0.15) is 10.6 Å². The van der Waals surface area contributed by atoms with Crippen molar-refractivity contribution in [3.8, 4) is 0 Å². The van der Waals surface area contributed by atoms with Gasteiger partial charge in [0.05, 0.1) is 6.54 Å². The van der Waals surface area contributed by atoms with Gasteiger partial charge in [0.2, 0.25) is 5.91 Å². The first-order valence-corrected chi connectivity index (χ1v) is 9.74. The van der Waals surface area contributed by atoms with Crippen LogP contribution in [0.5, 0.6) is 0 Å². The second-order valence-electron chi connectivity index (χ2n) is 6.30. The summed E-state index contributed by atoms with van der Waals surface area (Å²) in [5.41, 5.74) is 1.25. The van der Waals surface area contributed by atoms with Gasteiger partial charge in [-0.3, -0.25) is 14.5 Å². The molecule has 0 bridgehead atoms. The summed E-state index contributed by atoms with van der Waals surface area (Å²) >= 11 is 3.14. The lowest BCUT2D eigenvalue weighted by atomic mass is 10.2.